The van der Waals surface area contributed by atoms with Crippen molar-refractivity contribution in [3.05, 3.63) is 74.7 Å². The molecule has 0 unspecified atom stereocenters. The number of nitrogens with one attached hydrogen (secondary N) is 1. The minimum atomic E-state index is -1.52. The second-order valence-electron chi connectivity index (χ2n) is 14.8. The van der Waals surface area contributed by atoms with Gasteiger partial charge in [-0.15, -0.1) is 0 Å². The van der Waals surface area contributed by atoms with E-state index < -0.39 is 28.5 Å². The fourth-order valence-electron chi connectivity index (χ4n) is 9.00. The molecule has 0 bridgehead atoms. The summed E-state index contributed by atoms with van der Waals surface area (Å²) in [5.74, 6) is -1.27. The molecule has 2 aromatic rings. The molecule has 0 spiro atoms. The lowest BCUT2D eigenvalue weighted by Gasteiger charge is -2.55. The highest BCUT2D eigenvalue weighted by Gasteiger charge is 2.57. The van der Waals surface area contributed by atoms with Crippen LogP contribution in [0.1, 0.15) is 118 Å². The summed E-state index contributed by atoms with van der Waals surface area (Å²) in [6, 6.07) is 7.07. The molecule has 1 fully saturated rings. The number of rotatable bonds is 5. The molecule has 1 heterocycles. The number of carbonyl (C=O) groups is 3. The molecule has 0 radical (unpaired) electrons. The molecule has 4 aliphatic rings. The van der Waals surface area contributed by atoms with E-state index in [0.717, 1.165) is 32.1 Å². The van der Waals surface area contributed by atoms with Crippen LogP contribution < -0.4 is 10.1 Å². The van der Waals surface area contributed by atoms with Crippen LogP contribution in [0.15, 0.2) is 41.3 Å². The van der Waals surface area contributed by atoms with Crippen molar-refractivity contribution in [1.29, 1.82) is 0 Å². The van der Waals surface area contributed by atoms with Crippen molar-refractivity contribution in [2.75, 3.05) is 6.54 Å². The SMILES string of the molecule is CC(=O)c1c(O)c(C)c(O)c2c1OC1=CC(=O)/C(=C(/C)NC[C@@]3(C)CCC[C@@]4(C)c5ccc(C(C)C)cc5CC[C@H]34)C(=O)[C@]12C. The molecule has 4 atom stereocenters. The molecule has 1 saturated carbocycles. The quantitative estimate of drug-likeness (QED) is 0.190. The van der Waals surface area contributed by atoms with Gasteiger partial charge in [-0.3, -0.25) is 14.4 Å². The number of aryl methyl sites for hydroxylation is 1. The van der Waals surface area contributed by atoms with Gasteiger partial charge in [0.15, 0.2) is 17.3 Å². The van der Waals surface area contributed by atoms with Crippen molar-refractivity contribution in [3.8, 4) is 17.2 Å². The van der Waals surface area contributed by atoms with Crippen LogP contribution in [0.2, 0.25) is 0 Å². The Labute approximate surface area is 265 Å². The molecular formula is C38H45NO6. The first-order chi connectivity index (χ1) is 21.1. The third-order valence-corrected chi connectivity index (χ3v) is 11.7. The summed E-state index contributed by atoms with van der Waals surface area (Å²) < 4.78 is 5.92. The van der Waals surface area contributed by atoms with Crippen LogP contribution in [-0.4, -0.2) is 34.1 Å². The van der Waals surface area contributed by atoms with Crippen LogP contribution >= 0.6 is 0 Å². The molecule has 3 N–H and O–H groups in total. The maximum Gasteiger partial charge on any atom is 0.194 e. The first-order valence-corrected chi connectivity index (χ1v) is 16.2. The monoisotopic (exact) mass is 611 g/mol. The summed E-state index contributed by atoms with van der Waals surface area (Å²) in [4.78, 5) is 40.3. The van der Waals surface area contributed by atoms with E-state index >= 15 is 0 Å². The summed E-state index contributed by atoms with van der Waals surface area (Å²) >= 11 is 0. The summed E-state index contributed by atoms with van der Waals surface area (Å²) in [7, 11) is 0. The number of phenolic OH excluding ortho intramolecular Hbond substituents is 2. The van der Waals surface area contributed by atoms with Gasteiger partial charge in [-0.1, -0.05) is 52.3 Å². The van der Waals surface area contributed by atoms with E-state index in [1.807, 2.05) is 0 Å². The standard InChI is InChI=1S/C38H45NO6/c1-19(2)23-10-12-25-24(16-23)11-13-27-36(6,14-9-15-37(25,27)7)18-39-21(4)29-26(41)17-28-38(8,35(29)44)31-33(43)20(3)32(42)30(22(5)40)34(31)45-28/h10,12,16-17,19,27,39,42-43H,9,11,13-15,18H2,1-8H3/b29-21+/t27-,36-,37+,38-/m1/s1. The Morgan fingerprint density at radius 1 is 1.09 bits per heavy atom. The predicted octanol–water partition coefficient (Wildman–Crippen LogP) is 6.99. The largest absolute Gasteiger partial charge is 0.507 e. The lowest BCUT2D eigenvalue weighted by molar-refractivity contribution is -0.123. The number of Topliss-reactive ketones (excluding diaryl/α,β-unsaturated/α-hetero) is 2. The van der Waals surface area contributed by atoms with Gasteiger partial charge >= 0.3 is 0 Å². The molecule has 238 valence electrons. The molecule has 45 heavy (non-hydrogen) atoms. The van der Waals surface area contributed by atoms with Crippen LogP contribution in [0.5, 0.6) is 17.2 Å². The molecule has 2 aromatic carbocycles. The molecule has 7 heteroatoms. The van der Waals surface area contributed by atoms with Crippen LogP contribution in [0, 0.1) is 18.3 Å². The topological polar surface area (TPSA) is 113 Å². The number of carbonyl (C=O) groups excluding carboxylic acids is 3. The average molecular weight is 612 g/mol. The number of hydrogen-bond donors (Lipinski definition) is 3. The van der Waals surface area contributed by atoms with E-state index in [2.05, 4.69) is 51.2 Å². The molecule has 6 rings (SSSR count). The Hall–Kier alpha value is -3.87. The van der Waals surface area contributed by atoms with Crippen molar-refractivity contribution in [3.63, 3.8) is 0 Å². The predicted molar refractivity (Wildman–Crippen MR) is 173 cm³/mol. The van der Waals surface area contributed by atoms with E-state index in [9.17, 15) is 24.6 Å². The molecule has 0 saturated heterocycles. The Bertz CT molecular complexity index is 1750. The van der Waals surface area contributed by atoms with Crippen molar-refractivity contribution in [1.82, 2.24) is 5.32 Å². The molecular weight excluding hydrogens is 566 g/mol. The Balaban J connectivity index is 1.33. The smallest absolute Gasteiger partial charge is 0.194 e. The average Bonchev–Trinajstić information content (AvgIpc) is 3.27. The van der Waals surface area contributed by atoms with E-state index in [4.69, 9.17) is 4.74 Å². The summed E-state index contributed by atoms with van der Waals surface area (Å²) in [5.41, 5.74) is 3.39. The van der Waals surface area contributed by atoms with Gasteiger partial charge in [-0.25, -0.2) is 0 Å². The zero-order chi connectivity index (χ0) is 32.8. The summed E-state index contributed by atoms with van der Waals surface area (Å²) in [5, 5.41) is 25.3. The minimum absolute atomic E-state index is 0.0181. The van der Waals surface area contributed by atoms with E-state index in [1.54, 1.807) is 13.8 Å². The Kier molecular flexibility index (Phi) is 7.14. The maximum absolute atomic E-state index is 14.3. The number of hydrogen-bond acceptors (Lipinski definition) is 7. The van der Waals surface area contributed by atoms with Gasteiger partial charge in [0.25, 0.3) is 0 Å². The van der Waals surface area contributed by atoms with Crippen molar-refractivity contribution >= 4 is 17.3 Å². The van der Waals surface area contributed by atoms with E-state index in [0.29, 0.717) is 24.1 Å². The van der Waals surface area contributed by atoms with Gasteiger partial charge in [0.2, 0.25) is 0 Å². The second-order valence-corrected chi connectivity index (χ2v) is 14.8. The van der Waals surface area contributed by atoms with Crippen LogP contribution in [0.3, 0.4) is 0 Å². The minimum Gasteiger partial charge on any atom is -0.507 e. The molecule has 3 aliphatic carbocycles. The lowest BCUT2D eigenvalue weighted by atomic mass is 9.49. The van der Waals surface area contributed by atoms with Gasteiger partial charge in [-0.05, 0) is 92.7 Å². The second kappa shape index (κ2) is 10.3. The van der Waals surface area contributed by atoms with Crippen LogP contribution in [0.4, 0.5) is 0 Å². The molecule has 0 aromatic heterocycles. The van der Waals surface area contributed by atoms with E-state index in [1.165, 1.54) is 36.6 Å². The highest BCUT2D eigenvalue weighted by atomic mass is 16.5. The molecule has 7 nitrogen and oxygen atoms in total. The third-order valence-electron chi connectivity index (χ3n) is 11.7. The van der Waals surface area contributed by atoms with Crippen molar-refractivity contribution in [2.45, 2.75) is 104 Å². The summed E-state index contributed by atoms with van der Waals surface area (Å²) in [6.45, 7) is 16.0. The highest BCUT2D eigenvalue weighted by molar-refractivity contribution is 6.31. The normalized spacial score (nSPS) is 29.7. The van der Waals surface area contributed by atoms with Gasteiger partial charge < -0.3 is 20.3 Å². The van der Waals surface area contributed by atoms with Crippen molar-refractivity contribution < 1.29 is 29.3 Å². The number of aromatic hydroxyl groups is 2. The Morgan fingerprint density at radius 2 is 1.80 bits per heavy atom. The first-order valence-electron chi connectivity index (χ1n) is 16.2. The Morgan fingerprint density at radius 3 is 2.47 bits per heavy atom. The first kappa shape index (κ1) is 31.1. The maximum atomic E-state index is 14.3. The van der Waals surface area contributed by atoms with Crippen LogP contribution in [0.25, 0.3) is 0 Å². The number of phenols is 2. The number of fused-ring (bicyclic) bond motifs is 6. The number of benzene rings is 2. The van der Waals surface area contributed by atoms with Gasteiger partial charge in [0.05, 0.1) is 11.1 Å². The van der Waals surface area contributed by atoms with E-state index in [-0.39, 0.29) is 50.4 Å². The number of allylic oxidation sites excluding steroid dienone is 4. The lowest BCUT2D eigenvalue weighted by Crippen LogP contribution is -2.52. The zero-order valence-electron chi connectivity index (χ0n) is 27.7. The number of ether oxygens (including phenoxy) is 1. The van der Waals surface area contributed by atoms with Crippen molar-refractivity contribution in [2.24, 2.45) is 11.3 Å². The summed E-state index contributed by atoms with van der Waals surface area (Å²) in [6.07, 6.45) is 6.72. The van der Waals surface area contributed by atoms with Gasteiger partial charge in [0.1, 0.15) is 34.0 Å². The molecule has 0 amide bonds. The zero-order valence-corrected chi connectivity index (χ0v) is 27.7. The fourth-order valence-corrected chi connectivity index (χ4v) is 9.00. The fraction of sp³-hybridized carbons (Fsp3) is 0.500. The highest BCUT2D eigenvalue weighted by Crippen LogP contribution is 2.59. The number of ketones is 3. The molecule has 1 aliphatic heterocycles. The van der Waals surface area contributed by atoms with Crippen LogP contribution in [-0.2, 0) is 26.8 Å². The van der Waals surface area contributed by atoms with Gasteiger partial charge in [0, 0.05) is 23.9 Å². The third kappa shape index (κ3) is 4.33. The van der Waals surface area contributed by atoms with Gasteiger partial charge in [-0.2, -0.15) is 0 Å².